The lowest BCUT2D eigenvalue weighted by atomic mass is 9.92. The Labute approximate surface area is 121 Å². The Bertz CT molecular complexity index is 564. The highest BCUT2D eigenvalue weighted by Crippen LogP contribution is 2.32. The first kappa shape index (κ1) is 13.7. The minimum absolute atomic E-state index is 0.0462. The maximum Gasteiger partial charge on any atom is 0.137 e. The van der Waals surface area contributed by atoms with Gasteiger partial charge in [0.2, 0.25) is 0 Å². The lowest BCUT2D eigenvalue weighted by molar-refractivity contribution is 0.364. The second-order valence-corrected chi connectivity index (χ2v) is 6.34. The molecule has 1 atom stereocenters. The zero-order valence-corrected chi connectivity index (χ0v) is 12.4. The van der Waals surface area contributed by atoms with Crippen LogP contribution in [0.5, 0.6) is 0 Å². The molecule has 0 amide bonds. The predicted octanol–water partition coefficient (Wildman–Crippen LogP) is 5.10. The highest BCUT2D eigenvalue weighted by atomic mass is 16.3. The van der Waals surface area contributed by atoms with Crippen LogP contribution in [0.3, 0.4) is 0 Å². The number of aryl methyl sites for hydroxylation is 1. The summed E-state index contributed by atoms with van der Waals surface area (Å²) in [6, 6.07) is 8.45. The zero-order valence-electron chi connectivity index (χ0n) is 12.4. The van der Waals surface area contributed by atoms with E-state index in [2.05, 4.69) is 31.2 Å². The van der Waals surface area contributed by atoms with Crippen LogP contribution < -0.4 is 5.73 Å². The topological polar surface area (TPSA) is 39.2 Å². The molecule has 0 bridgehead atoms. The normalized spacial score (nSPS) is 19.1. The largest absolute Gasteiger partial charge is 0.459 e. The third-order valence-electron chi connectivity index (χ3n) is 4.69. The van der Waals surface area contributed by atoms with Crippen LogP contribution in [0, 0.1) is 12.8 Å². The third kappa shape index (κ3) is 2.90. The molecule has 1 aromatic heterocycles. The fourth-order valence-corrected chi connectivity index (χ4v) is 3.49. The molecule has 0 spiro atoms. The van der Waals surface area contributed by atoms with E-state index in [-0.39, 0.29) is 6.04 Å². The smallest absolute Gasteiger partial charge is 0.137 e. The van der Waals surface area contributed by atoms with Crippen molar-refractivity contribution >= 4 is 11.0 Å². The van der Waals surface area contributed by atoms with E-state index in [9.17, 15) is 0 Å². The van der Waals surface area contributed by atoms with Crippen LogP contribution in [0.15, 0.2) is 28.7 Å². The van der Waals surface area contributed by atoms with Gasteiger partial charge >= 0.3 is 0 Å². The molecule has 1 aliphatic rings. The summed E-state index contributed by atoms with van der Waals surface area (Å²) in [5.41, 5.74) is 8.59. The van der Waals surface area contributed by atoms with E-state index in [1.807, 2.05) is 0 Å². The summed E-state index contributed by atoms with van der Waals surface area (Å²) in [5, 5.41) is 1.18. The number of furan rings is 1. The van der Waals surface area contributed by atoms with Gasteiger partial charge in [-0.05, 0) is 30.9 Å². The van der Waals surface area contributed by atoms with Gasteiger partial charge in [0.05, 0.1) is 6.04 Å². The Morgan fingerprint density at radius 1 is 1.20 bits per heavy atom. The summed E-state index contributed by atoms with van der Waals surface area (Å²) < 4.78 is 6.01. The molecular weight excluding hydrogens is 246 g/mol. The van der Waals surface area contributed by atoms with E-state index in [4.69, 9.17) is 10.2 Å². The van der Waals surface area contributed by atoms with Crippen molar-refractivity contribution in [3.8, 4) is 0 Å². The molecule has 3 rings (SSSR count). The third-order valence-corrected chi connectivity index (χ3v) is 4.69. The van der Waals surface area contributed by atoms with E-state index in [1.165, 1.54) is 49.5 Å². The maximum atomic E-state index is 6.40. The SMILES string of the molecule is Cc1cccc2cc(C(N)CC3CCCCCC3)oc12. The van der Waals surface area contributed by atoms with Crippen LogP contribution in [0.25, 0.3) is 11.0 Å². The van der Waals surface area contributed by atoms with Gasteiger partial charge in [-0.1, -0.05) is 56.7 Å². The van der Waals surface area contributed by atoms with Gasteiger partial charge in [0, 0.05) is 5.39 Å². The molecule has 0 saturated heterocycles. The highest BCUT2D eigenvalue weighted by molar-refractivity contribution is 5.80. The molecule has 20 heavy (non-hydrogen) atoms. The van der Waals surface area contributed by atoms with Crippen molar-refractivity contribution in [3.63, 3.8) is 0 Å². The summed E-state index contributed by atoms with van der Waals surface area (Å²) in [6.45, 7) is 2.09. The van der Waals surface area contributed by atoms with E-state index < -0.39 is 0 Å². The number of hydrogen-bond acceptors (Lipinski definition) is 2. The van der Waals surface area contributed by atoms with Crippen molar-refractivity contribution in [2.75, 3.05) is 0 Å². The standard InChI is InChI=1S/C18H25NO/c1-13-7-6-10-15-12-17(20-18(13)15)16(19)11-14-8-4-2-3-5-9-14/h6-7,10,12,14,16H,2-5,8-9,11,19H2,1H3. The van der Waals surface area contributed by atoms with Crippen LogP contribution in [0.4, 0.5) is 0 Å². The van der Waals surface area contributed by atoms with E-state index >= 15 is 0 Å². The molecule has 2 nitrogen and oxygen atoms in total. The number of rotatable bonds is 3. The molecular formula is C18H25NO. The van der Waals surface area contributed by atoms with E-state index in [0.717, 1.165) is 23.7 Å². The Balaban J connectivity index is 1.74. The molecule has 1 aliphatic carbocycles. The Morgan fingerprint density at radius 2 is 1.95 bits per heavy atom. The first-order valence-electron chi connectivity index (χ1n) is 7.98. The van der Waals surface area contributed by atoms with Gasteiger partial charge in [0.15, 0.2) is 0 Å². The first-order valence-corrected chi connectivity index (χ1v) is 7.98. The van der Waals surface area contributed by atoms with Gasteiger partial charge in [-0.2, -0.15) is 0 Å². The van der Waals surface area contributed by atoms with Crippen molar-refractivity contribution in [3.05, 3.63) is 35.6 Å². The van der Waals surface area contributed by atoms with Gasteiger partial charge in [-0.15, -0.1) is 0 Å². The Hall–Kier alpha value is -1.28. The number of para-hydroxylation sites is 1. The lowest BCUT2D eigenvalue weighted by Gasteiger charge is -2.17. The van der Waals surface area contributed by atoms with Crippen LogP contribution in [0.1, 0.15) is 62.3 Å². The summed E-state index contributed by atoms with van der Waals surface area (Å²) >= 11 is 0. The fourth-order valence-electron chi connectivity index (χ4n) is 3.49. The molecule has 0 radical (unpaired) electrons. The molecule has 1 unspecified atom stereocenters. The molecule has 1 aromatic carbocycles. The minimum Gasteiger partial charge on any atom is -0.459 e. The molecule has 2 heteroatoms. The second-order valence-electron chi connectivity index (χ2n) is 6.34. The summed E-state index contributed by atoms with van der Waals surface area (Å²) in [4.78, 5) is 0. The van der Waals surface area contributed by atoms with Crippen LogP contribution in [-0.2, 0) is 0 Å². The van der Waals surface area contributed by atoms with Crippen molar-refractivity contribution in [2.45, 2.75) is 57.9 Å². The van der Waals surface area contributed by atoms with Crippen LogP contribution in [-0.4, -0.2) is 0 Å². The molecule has 2 N–H and O–H groups in total. The Kier molecular flexibility index (Phi) is 4.11. The van der Waals surface area contributed by atoms with Gasteiger partial charge in [-0.3, -0.25) is 0 Å². The predicted molar refractivity (Wildman–Crippen MR) is 83.7 cm³/mol. The van der Waals surface area contributed by atoms with Crippen molar-refractivity contribution < 1.29 is 4.42 Å². The highest BCUT2D eigenvalue weighted by Gasteiger charge is 2.19. The monoisotopic (exact) mass is 271 g/mol. The number of fused-ring (bicyclic) bond motifs is 1. The number of hydrogen-bond donors (Lipinski definition) is 1. The number of benzene rings is 1. The molecule has 1 saturated carbocycles. The van der Waals surface area contributed by atoms with Crippen molar-refractivity contribution in [2.24, 2.45) is 11.7 Å². The second kappa shape index (κ2) is 6.01. The molecule has 0 aliphatic heterocycles. The van der Waals surface area contributed by atoms with Crippen molar-refractivity contribution in [1.29, 1.82) is 0 Å². The van der Waals surface area contributed by atoms with Gasteiger partial charge in [-0.25, -0.2) is 0 Å². The Morgan fingerprint density at radius 3 is 2.65 bits per heavy atom. The zero-order chi connectivity index (χ0) is 13.9. The van der Waals surface area contributed by atoms with Gasteiger partial charge in [0.25, 0.3) is 0 Å². The van der Waals surface area contributed by atoms with E-state index in [1.54, 1.807) is 0 Å². The summed E-state index contributed by atoms with van der Waals surface area (Å²) in [5.74, 6) is 1.74. The summed E-state index contributed by atoms with van der Waals surface area (Å²) in [7, 11) is 0. The molecule has 1 heterocycles. The average molecular weight is 271 g/mol. The number of nitrogens with two attached hydrogens (primary N) is 1. The molecule has 2 aromatic rings. The van der Waals surface area contributed by atoms with Crippen LogP contribution in [0.2, 0.25) is 0 Å². The molecule has 1 fully saturated rings. The van der Waals surface area contributed by atoms with Crippen LogP contribution >= 0.6 is 0 Å². The molecule has 108 valence electrons. The quantitative estimate of drug-likeness (QED) is 0.789. The minimum atomic E-state index is 0.0462. The van der Waals surface area contributed by atoms with Gasteiger partial charge in [0.1, 0.15) is 11.3 Å². The maximum absolute atomic E-state index is 6.40. The van der Waals surface area contributed by atoms with E-state index in [0.29, 0.717) is 0 Å². The lowest BCUT2D eigenvalue weighted by Crippen LogP contribution is -2.14. The van der Waals surface area contributed by atoms with Crippen molar-refractivity contribution in [1.82, 2.24) is 0 Å². The fraction of sp³-hybridized carbons (Fsp3) is 0.556. The average Bonchev–Trinajstić information content (AvgIpc) is 2.72. The first-order chi connectivity index (χ1) is 9.74. The summed E-state index contributed by atoms with van der Waals surface area (Å²) in [6.07, 6.45) is 9.29. The van der Waals surface area contributed by atoms with Gasteiger partial charge < -0.3 is 10.2 Å².